The number of ether oxygens (including phenoxy) is 1. The Morgan fingerprint density at radius 1 is 1.03 bits per heavy atom. The first-order valence-electron chi connectivity index (χ1n) is 8.47. The second kappa shape index (κ2) is 9.40. The molecule has 29 heavy (non-hydrogen) atoms. The lowest BCUT2D eigenvalue weighted by atomic mass is 10.2. The van der Waals surface area contributed by atoms with Crippen LogP contribution in [0.3, 0.4) is 0 Å². The summed E-state index contributed by atoms with van der Waals surface area (Å²) in [7, 11) is 1.50. The van der Waals surface area contributed by atoms with Gasteiger partial charge in [-0.2, -0.15) is 4.98 Å². The minimum Gasteiger partial charge on any atom is -0.496 e. The highest BCUT2D eigenvalue weighted by molar-refractivity contribution is 6.31. The summed E-state index contributed by atoms with van der Waals surface area (Å²) < 4.78 is 10.2. The Kier molecular flexibility index (Phi) is 6.69. The number of halogens is 2. The number of nitrogens with one attached hydrogen (secondary N) is 2. The van der Waals surface area contributed by atoms with Crippen LogP contribution in [0, 0.1) is 0 Å². The molecular formula is C19H16Cl2N4O4. The minimum atomic E-state index is -0.568. The monoisotopic (exact) mass is 434 g/mol. The minimum absolute atomic E-state index is 0.170. The molecule has 0 atom stereocenters. The summed E-state index contributed by atoms with van der Waals surface area (Å²) in [4.78, 5) is 28.3. The Morgan fingerprint density at radius 3 is 2.48 bits per heavy atom. The zero-order chi connectivity index (χ0) is 20.8. The van der Waals surface area contributed by atoms with Gasteiger partial charge in [-0.1, -0.05) is 34.4 Å². The van der Waals surface area contributed by atoms with Gasteiger partial charge in [-0.25, -0.2) is 0 Å². The standard InChI is InChI=1S/C19H16Cl2N4O4/c1-28-15-6-5-13(21)10-14(15)16-24-19(29-25-16)18(27)23-8-7-22-17(26)11-3-2-4-12(20)9-11/h2-6,9-10H,7-8H2,1H3,(H,22,26)(H,23,27). The van der Waals surface area contributed by atoms with Gasteiger partial charge in [-0.3, -0.25) is 9.59 Å². The maximum atomic E-state index is 12.2. The van der Waals surface area contributed by atoms with Gasteiger partial charge in [-0.15, -0.1) is 0 Å². The molecular weight excluding hydrogens is 419 g/mol. The molecule has 0 aliphatic heterocycles. The summed E-state index contributed by atoms with van der Waals surface area (Å²) in [5.41, 5.74) is 0.928. The maximum absolute atomic E-state index is 12.2. The Balaban J connectivity index is 1.54. The van der Waals surface area contributed by atoms with Gasteiger partial charge in [0.25, 0.3) is 5.91 Å². The van der Waals surface area contributed by atoms with Gasteiger partial charge < -0.3 is 19.9 Å². The Morgan fingerprint density at radius 2 is 1.76 bits per heavy atom. The first-order valence-corrected chi connectivity index (χ1v) is 9.23. The van der Waals surface area contributed by atoms with E-state index in [1.54, 1.807) is 42.5 Å². The highest BCUT2D eigenvalue weighted by atomic mass is 35.5. The molecule has 0 aliphatic carbocycles. The van der Waals surface area contributed by atoms with Crippen LogP contribution in [0.5, 0.6) is 5.75 Å². The van der Waals surface area contributed by atoms with Crippen molar-refractivity contribution in [2.24, 2.45) is 0 Å². The van der Waals surface area contributed by atoms with Crippen molar-refractivity contribution in [2.75, 3.05) is 20.2 Å². The number of hydrogen-bond acceptors (Lipinski definition) is 6. The molecule has 0 spiro atoms. The number of benzene rings is 2. The van der Waals surface area contributed by atoms with Crippen molar-refractivity contribution >= 4 is 35.0 Å². The molecule has 2 amide bonds. The van der Waals surface area contributed by atoms with Gasteiger partial charge in [-0.05, 0) is 36.4 Å². The smallest absolute Gasteiger partial charge is 0.316 e. The number of carbonyl (C=O) groups excluding carboxylic acids is 2. The van der Waals surface area contributed by atoms with Gasteiger partial charge >= 0.3 is 11.8 Å². The van der Waals surface area contributed by atoms with Crippen molar-refractivity contribution in [3.8, 4) is 17.1 Å². The van der Waals surface area contributed by atoms with Gasteiger partial charge in [0, 0.05) is 28.7 Å². The van der Waals surface area contributed by atoms with E-state index in [0.717, 1.165) is 0 Å². The molecule has 0 bridgehead atoms. The molecule has 0 fully saturated rings. The number of amides is 2. The Bertz CT molecular complexity index is 1040. The molecule has 3 aromatic rings. The van der Waals surface area contributed by atoms with Gasteiger partial charge in [0.15, 0.2) is 0 Å². The largest absolute Gasteiger partial charge is 0.496 e. The van der Waals surface area contributed by atoms with E-state index in [9.17, 15) is 9.59 Å². The molecule has 0 radical (unpaired) electrons. The number of rotatable bonds is 7. The summed E-state index contributed by atoms with van der Waals surface area (Å²) in [5.74, 6) is -0.422. The van der Waals surface area contributed by atoms with Crippen molar-refractivity contribution in [1.82, 2.24) is 20.8 Å². The molecule has 3 rings (SSSR count). The van der Waals surface area contributed by atoms with Gasteiger partial charge in [0.1, 0.15) is 5.75 Å². The zero-order valence-electron chi connectivity index (χ0n) is 15.2. The van der Waals surface area contributed by atoms with Crippen LogP contribution in [0.15, 0.2) is 47.0 Å². The average Bonchev–Trinajstić information content (AvgIpc) is 3.21. The zero-order valence-corrected chi connectivity index (χ0v) is 16.8. The van der Waals surface area contributed by atoms with Crippen LogP contribution in [0.25, 0.3) is 11.4 Å². The van der Waals surface area contributed by atoms with Gasteiger partial charge in [0.05, 0.1) is 12.7 Å². The third kappa shape index (κ3) is 5.24. The van der Waals surface area contributed by atoms with E-state index in [1.165, 1.54) is 7.11 Å². The lowest BCUT2D eigenvalue weighted by molar-refractivity contribution is 0.0898. The van der Waals surface area contributed by atoms with E-state index in [2.05, 4.69) is 20.8 Å². The second-order valence-corrected chi connectivity index (χ2v) is 6.66. The van der Waals surface area contributed by atoms with E-state index in [0.29, 0.717) is 26.9 Å². The summed E-state index contributed by atoms with van der Waals surface area (Å²) in [6.07, 6.45) is 0. The average molecular weight is 435 g/mol. The summed E-state index contributed by atoms with van der Waals surface area (Å²) in [6, 6.07) is 11.5. The van der Waals surface area contributed by atoms with Crippen LogP contribution in [-0.2, 0) is 0 Å². The molecule has 0 saturated carbocycles. The van der Waals surface area contributed by atoms with Crippen LogP contribution in [0.2, 0.25) is 10.0 Å². The lowest BCUT2D eigenvalue weighted by Crippen LogP contribution is -2.34. The molecule has 0 unspecified atom stereocenters. The fourth-order valence-electron chi connectivity index (χ4n) is 2.44. The summed E-state index contributed by atoms with van der Waals surface area (Å²) in [6.45, 7) is 0.379. The molecule has 2 N–H and O–H groups in total. The lowest BCUT2D eigenvalue weighted by Gasteiger charge is -2.06. The number of nitrogens with zero attached hydrogens (tertiary/aromatic N) is 2. The quantitative estimate of drug-likeness (QED) is 0.552. The third-order valence-electron chi connectivity index (χ3n) is 3.81. The van der Waals surface area contributed by atoms with Crippen LogP contribution in [0.1, 0.15) is 21.0 Å². The molecule has 2 aromatic carbocycles. The highest BCUT2D eigenvalue weighted by Gasteiger charge is 2.18. The van der Waals surface area contributed by atoms with Crippen molar-refractivity contribution in [1.29, 1.82) is 0 Å². The van der Waals surface area contributed by atoms with Crippen LogP contribution in [0.4, 0.5) is 0 Å². The fraction of sp³-hybridized carbons (Fsp3) is 0.158. The fourth-order valence-corrected chi connectivity index (χ4v) is 2.80. The number of methoxy groups -OCH3 is 1. The predicted octanol–water partition coefficient (Wildman–Crippen LogP) is 3.21. The van der Waals surface area contributed by atoms with E-state index in [4.69, 9.17) is 32.5 Å². The topological polar surface area (TPSA) is 106 Å². The Labute approximate surface area is 176 Å². The number of hydrogen-bond donors (Lipinski definition) is 2. The van der Waals surface area contributed by atoms with E-state index >= 15 is 0 Å². The Hall–Kier alpha value is -3.10. The first kappa shape index (κ1) is 20.6. The molecule has 0 saturated heterocycles. The normalized spacial score (nSPS) is 10.4. The van der Waals surface area contributed by atoms with Gasteiger partial charge in [0.2, 0.25) is 5.82 Å². The van der Waals surface area contributed by atoms with Crippen molar-refractivity contribution in [3.63, 3.8) is 0 Å². The first-order chi connectivity index (χ1) is 14.0. The summed E-state index contributed by atoms with van der Waals surface area (Å²) in [5, 5.41) is 9.99. The number of carbonyl (C=O) groups is 2. The maximum Gasteiger partial charge on any atom is 0.316 e. The molecule has 10 heteroatoms. The van der Waals surface area contributed by atoms with Crippen LogP contribution in [-0.4, -0.2) is 42.2 Å². The van der Waals surface area contributed by atoms with E-state index in [1.807, 2.05) is 0 Å². The van der Waals surface area contributed by atoms with Crippen molar-refractivity contribution in [2.45, 2.75) is 0 Å². The van der Waals surface area contributed by atoms with Crippen molar-refractivity contribution < 1.29 is 18.8 Å². The highest BCUT2D eigenvalue weighted by Crippen LogP contribution is 2.30. The third-order valence-corrected chi connectivity index (χ3v) is 4.28. The van der Waals surface area contributed by atoms with Crippen LogP contribution < -0.4 is 15.4 Å². The van der Waals surface area contributed by atoms with Crippen LogP contribution >= 0.6 is 23.2 Å². The molecule has 0 aliphatic rings. The molecule has 1 heterocycles. The molecule has 1 aromatic heterocycles. The molecule has 150 valence electrons. The number of aromatic nitrogens is 2. The summed E-state index contributed by atoms with van der Waals surface area (Å²) >= 11 is 11.9. The second-order valence-electron chi connectivity index (χ2n) is 5.79. The predicted molar refractivity (Wildman–Crippen MR) is 107 cm³/mol. The van der Waals surface area contributed by atoms with Crippen molar-refractivity contribution in [3.05, 3.63) is 64.0 Å². The van der Waals surface area contributed by atoms with E-state index in [-0.39, 0.29) is 30.7 Å². The molecule has 8 nitrogen and oxygen atoms in total. The van der Waals surface area contributed by atoms with E-state index < -0.39 is 5.91 Å². The SMILES string of the molecule is COc1ccc(Cl)cc1-c1noc(C(=O)NCCNC(=O)c2cccc(Cl)c2)n1.